The van der Waals surface area contributed by atoms with Gasteiger partial charge in [-0.2, -0.15) is 5.26 Å². The lowest BCUT2D eigenvalue weighted by Crippen LogP contribution is -2.44. The van der Waals surface area contributed by atoms with Crippen molar-refractivity contribution in [3.05, 3.63) is 23.4 Å². The molecule has 0 radical (unpaired) electrons. The molecule has 2 rings (SSSR count). The van der Waals surface area contributed by atoms with Crippen molar-refractivity contribution in [2.24, 2.45) is 0 Å². The van der Waals surface area contributed by atoms with Gasteiger partial charge < -0.3 is 0 Å². The minimum Gasteiger partial charge on any atom is -0.297 e. The third-order valence-corrected chi connectivity index (χ3v) is 5.10. The summed E-state index contributed by atoms with van der Waals surface area (Å²) in [4.78, 5) is 4.26. The third-order valence-electron chi connectivity index (χ3n) is 3.59. The number of hydrogen-bond acceptors (Lipinski definition) is 4. The summed E-state index contributed by atoms with van der Waals surface area (Å²) in [7, 11) is 0. The Labute approximate surface area is 130 Å². The van der Waals surface area contributed by atoms with Crippen LogP contribution in [0.25, 0.3) is 0 Å². The van der Waals surface area contributed by atoms with Crippen LogP contribution in [-0.2, 0) is 0 Å². The van der Waals surface area contributed by atoms with Gasteiger partial charge in [0.05, 0.1) is 11.1 Å². The number of nitriles is 1. The zero-order chi connectivity index (χ0) is 14.4. The predicted octanol–water partition coefficient (Wildman–Crippen LogP) is 4.03. The molecule has 20 heavy (non-hydrogen) atoms. The summed E-state index contributed by atoms with van der Waals surface area (Å²) in [6.07, 6.45) is 6.90. The fourth-order valence-corrected chi connectivity index (χ4v) is 3.27. The van der Waals surface area contributed by atoms with Gasteiger partial charge in [0.2, 0.25) is 0 Å². The number of nitrogens with one attached hydrogen (secondary N) is 1. The lowest BCUT2D eigenvalue weighted by atomic mass is 9.92. The predicted molar refractivity (Wildman–Crippen MR) is 84.0 cm³/mol. The Morgan fingerprint density at radius 3 is 3.00 bits per heavy atom. The molecule has 3 nitrogen and oxygen atoms in total. The van der Waals surface area contributed by atoms with Gasteiger partial charge in [-0.05, 0) is 50.0 Å². The SMILES string of the molecule is CCC(C#N)(CCCSc1ncccc1Cl)NC1CC1. The van der Waals surface area contributed by atoms with E-state index in [0.29, 0.717) is 11.1 Å². The molecule has 0 amide bonds. The first-order valence-corrected chi connectivity index (χ1v) is 8.48. The lowest BCUT2D eigenvalue weighted by Gasteiger charge is -2.26. The van der Waals surface area contributed by atoms with Crippen LogP contribution >= 0.6 is 23.4 Å². The van der Waals surface area contributed by atoms with Gasteiger partial charge in [-0.1, -0.05) is 18.5 Å². The molecule has 1 aromatic rings. The molecule has 1 unspecified atom stereocenters. The Balaban J connectivity index is 1.79. The van der Waals surface area contributed by atoms with Gasteiger partial charge in [-0.25, -0.2) is 4.98 Å². The molecule has 5 heteroatoms. The first kappa shape index (κ1) is 15.6. The summed E-state index contributed by atoms with van der Waals surface area (Å²) in [5.41, 5.74) is -0.352. The molecule has 0 saturated heterocycles. The quantitative estimate of drug-likeness (QED) is 0.582. The highest BCUT2D eigenvalue weighted by atomic mass is 35.5. The fraction of sp³-hybridized carbons (Fsp3) is 0.600. The fourth-order valence-electron chi connectivity index (χ4n) is 2.16. The van der Waals surface area contributed by atoms with Gasteiger partial charge in [0, 0.05) is 12.2 Å². The van der Waals surface area contributed by atoms with Crippen molar-refractivity contribution in [2.75, 3.05) is 5.75 Å². The standard InChI is InChI=1S/C15H20ClN3S/c1-2-15(11-17,19-12-6-7-12)8-4-10-20-14-13(16)5-3-9-18-14/h3,5,9,12,19H,2,4,6-8,10H2,1H3. The van der Waals surface area contributed by atoms with E-state index in [-0.39, 0.29) is 5.54 Å². The van der Waals surface area contributed by atoms with Gasteiger partial charge in [0.1, 0.15) is 10.6 Å². The summed E-state index contributed by atoms with van der Waals surface area (Å²) in [6.45, 7) is 2.08. The maximum absolute atomic E-state index is 9.46. The van der Waals surface area contributed by atoms with E-state index in [1.165, 1.54) is 12.8 Å². The molecule has 1 aliphatic rings. The average molecular weight is 310 g/mol. The number of rotatable bonds is 8. The van der Waals surface area contributed by atoms with Crippen molar-refractivity contribution >= 4 is 23.4 Å². The second-order valence-corrected chi connectivity index (χ2v) is 6.70. The molecule has 1 heterocycles. The zero-order valence-corrected chi connectivity index (χ0v) is 13.3. The molecule has 108 valence electrons. The first-order chi connectivity index (χ1) is 9.69. The van der Waals surface area contributed by atoms with Gasteiger partial charge in [0.25, 0.3) is 0 Å². The van der Waals surface area contributed by atoms with Crippen LogP contribution in [0.5, 0.6) is 0 Å². The molecule has 1 saturated carbocycles. The van der Waals surface area contributed by atoms with Crippen LogP contribution in [0.1, 0.15) is 39.0 Å². The van der Waals surface area contributed by atoms with Crippen LogP contribution in [0, 0.1) is 11.3 Å². The van der Waals surface area contributed by atoms with Crippen molar-refractivity contribution < 1.29 is 0 Å². The van der Waals surface area contributed by atoms with Gasteiger partial charge in [0.15, 0.2) is 0 Å². The molecule has 1 aliphatic carbocycles. The zero-order valence-electron chi connectivity index (χ0n) is 11.7. The molecule has 0 aromatic carbocycles. The Morgan fingerprint density at radius 2 is 2.40 bits per heavy atom. The maximum Gasteiger partial charge on any atom is 0.115 e. The smallest absolute Gasteiger partial charge is 0.115 e. The number of nitrogens with zero attached hydrogens (tertiary/aromatic N) is 2. The second-order valence-electron chi connectivity index (χ2n) is 5.21. The summed E-state index contributed by atoms with van der Waals surface area (Å²) >= 11 is 7.74. The van der Waals surface area contributed by atoms with Gasteiger partial charge in [-0.3, -0.25) is 5.32 Å². The van der Waals surface area contributed by atoms with Crippen molar-refractivity contribution in [1.29, 1.82) is 5.26 Å². The molecule has 1 fully saturated rings. The minimum absolute atomic E-state index is 0.352. The molecular formula is C15H20ClN3S. The monoisotopic (exact) mass is 309 g/mol. The van der Waals surface area contributed by atoms with Crippen molar-refractivity contribution in [3.8, 4) is 6.07 Å². The number of pyridine rings is 1. The average Bonchev–Trinajstić information content (AvgIpc) is 3.28. The summed E-state index contributed by atoms with van der Waals surface area (Å²) in [5, 5.41) is 14.5. The Bertz CT molecular complexity index is 484. The third kappa shape index (κ3) is 4.37. The van der Waals surface area contributed by atoms with Crippen LogP contribution < -0.4 is 5.32 Å². The van der Waals surface area contributed by atoms with Gasteiger partial charge in [-0.15, -0.1) is 11.8 Å². The van der Waals surface area contributed by atoms with Crippen LogP contribution in [0.3, 0.4) is 0 Å². The van der Waals surface area contributed by atoms with Crippen LogP contribution in [0.4, 0.5) is 0 Å². The molecule has 1 atom stereocenters. The minimum atomic E-state index is -0.352. The first-order valence-electron chi connectivity index (χ1n) is 7.11. The largest absolute Gasteiger partial charge is 0.297 e. The molecule has 1 aromatic heterocycles. The Morgan fingerprint density at radius 1 is 1.60 bits per heavy atom. The Kier molecular flexibility index (Phi) is 5.71. The number of halogens is 1. The van der Waals surface area contributed by atoms with E-state index < -0.39 is 0 Å². The Hall–Kier alpha value is -0.760. The van der Waals surface area contributed by atoms with E-state index in [1.807, 2.05) is 12.1 Å². The van der Waals surface area contributed by atoms with E-state index in [1.54, 1.807) is 18.0 Å². The highest BCUT2D eigenvalue weighted by Crippen LogP contribution is 2.29. The van der Waals surface area contributed by atoms with E-state index in [2.05, 4.69) is 23.3 Å². The molecular weight excluding hydrogens is 290 g/mol. The normalized spacial score (nSPS) is 17.4. The van der Waals surface area contributed by atoms with Crippen molar-refractivity contribution in [2.45, 2.75) is 55.6 Å². The van der Waals surface area contributed by atoms with Gasteiger partial charge >= 0.3 is 0 Å². The highest BCUT2D eigenvalue weighted by molar-refractivity contribution is 7.99. The molecule has 1 N–H and O–H groups in total. The van der Waals surface area contributed by atoms with E-state index >= 15 is 0 Å². The summed E-state index contributed by atoms with van der Waals surface area (Å²) < 4.78 is 0. The lowest BCUT2D eigenvalue weighted by molar-refractivity contribution is 0.367. The topological polar surface area (TPSA) is 48.7 Å². The van der Waals surface area contributed by atoms with Crippen LogP contribution in [0.15, 0.2) is 23.4 Å². The highest BCUT2D eigenvalue weighted by Gasteiger charge is 2.34. The maximum atomic E-state index is 9.46. The summed E-state index contributed by atoms with van der Waals surface area (Å²) in [5.74, 6) is 0.937. The molecule has 0 spiro atoms. The van der Waals surface area contributed by atoms with Crippen LogP contribution in [0.2, 0.25) is 5.02 Å². The van der Waals surface area contributed by atoms with E-state index in [4.69, 9.17) is 11.6 Å². The van der Waals surface area contributed by atoms with Crippen molar-refractivity contribution in [1.82, 2.24) is 10.3 Å². The number of thioether (sulfide) groups is 1. The molecule has 0 bridgehead atoms. The second kappa shape index (κ2) is 7.31. The number of hydrogen-bond donors (Lipinski definition) is 1. The van der Waals surface area contributed by atoms with Crippen LogP contribution in [-0.4, -0.2) is 22.3 Å². The molecule has 0 aliphatic heterocycles. The van der Waals surface area contributed by atoms with Crippen molar-refractivity contribution in [3.63, 3.8) is 0 Å². The van der Waals surface area contributed by atoms with E-state index in [9.17, 15) is 5.26 Å². The summed E-state index contributed by atoms with van der Waals surface area (Å²) in [6, 6.07) is 6.74. The number of aromatic nitrogens is 1. The van der Waals surface area contributed by atoms with E-state index in [0.717, 1.165) is 30.0 Å².